The molecule has 2 aromatic carbocycles. The van der Waals surface area contributed by atoms with Gasteiger partial charge in [-0.3, -0.25) is 4.79 Å². The van der Waals surface area contributed by atoms with E-state index in [1.807, 2.05) is 0 Å². The van der Waals surface area contributed by atoms with Gasteiger partial charge >= 0.3 is 0 Å². The van der Waals surface area contributed by atoms with Crippen LogP contribution in [0.15, 0.2) is 30.3 Å². The second-order valence-electron chi connectivity index (χ2n) is 4.33. The van der Waals surface area contributed by atoms with E-state index >= 15 is 0 Å². The average Bonchev–Trinajstić information content (AvgIpc) is 2.34. The Morgan fingerprint density at radius 1 is 0.895 bits per heavy atom. The summed E-state index contributed by atoms with van der Waals surface area (Å²) < 4.78 is 41.0. The normalized spacial score (nSPS) is 10.6. The Hall–Kier alpha value is -2.10. The lowest BCUT2D eigenvalue weighted by Gasteiger charge is -2.08. The number of hydrogen-bond acceptors (Lipinski definition) is 1. The van der Waals surface area contributed by atoms with E-state index < -0.39 is 17.5 Å². The van der Waals surface area contributed by atoms with Gasteiger partial charge in [0.1, 0.15) is 17.5 Å². The predicted molar refractivity (Wildman–Crippen MR) is 66.5 cm³/mol. The lowest BCUT2D eigenvalue weighted by Crippen LogP contribution is -1.97. The zero-order valence-corrected chi connectivity index (χ0v) is 10.4. The van der Waals surface area contributed by atoms with E-state index in [1.54, 1.807) is 0 Å². The van der Waals surface area contributed by atoms with Crippen LogP contribution in [0.3, 0.4) is 0 Å². The third-order valence-electron chi connectivity index (χ3n) is 2.91. The number of rotatable bonds is 2. The molecule has 4 heteroatoms. The van der Waals surface area contributed by atoms with Gasteiger partial charge in [-0.1, -0.05) is 0 Å². The van der Waals surface area contributed by atoms with Crippen molar-refractivity contribution in [3.8, 4) is 11.1 Å². The zero-order chi connectivity index (χ0) is 14.2. The van der Waals surface area contributed by atoms with Crippen molar-refractivity contribution in [2.24, 2.45) is 0 Å². The van der Waals surface area contributed by atoms with E-state index in [-0.39, 0.29) is 28.0 Å². The van der Waals surface area contributed by atoms with Crippen molar-refractivity contribution in [3.05, 3.63) is 58.9 Å². The maximum atomic E-state index is 13.8. The van der Waals surface area contributed by atoms with Gasteiger partial charge in [0.25, 0.3) is 0 Å². The molecule has 0 saturated carbocycles. The summed E-state index contributed by atoms with van der Waals surface area (Å²) >= 11 is 0. The Morgan fingerprint density at radius 3 is 2.16 bits per heavy atom. The molecule has 0 amide bonds. The van der Waals surface area contributed by atoms with Crippen LogP contribution >= 0.6 is 0 Å². The first kappa shape index (κ1) is 13.3. The Morgan fingerprint density at radius 2 is 1.53 bits per heavy atom. The topological polar surface area (TPSA) is 17.1 Å². The third-order valence-corrected chi connectivity index (χ3v) is 2.91. The van der Waals surface area contributed by atoms with Gasteiger partial charge in [-0.15, -0.1) is 0 Å². The molecule has 0 heterocycles. The smallest absolute Gasteiger partial charge is 0.159 e. The lowest BCUT2D eigenvalue weighted by molar-refractivity contribution is 0.101. The second-order valence-corrected chi connectivity index (χ2v) is 4.33. The van der Waals surface area contributed by atoms with Gasteiger partial charge in [-0.05, 0) is 49.7 Å². The highest BCUT2D eigenvalue weighted by molar-refractivity contribution is 5.95. The Labute approximate surface area is 108 Å². The summed E-state index contributed by atoms with van der Waals surface area (Å²) in [4.78, 5) is 11.3. The van der Waals surface area contributed by atoms with Crippen molar-refractivity contribution in [1.29, 1.82) is 0 Å². The van der Waals surface area contributed by atoms with Crippen LogP contribution < -0.4 is 0 Å². The minimum absolute atomic E-state index is 0.121. The van der Waals surface area contributed by atoms with Crippen molar-refractivity contribution in [3.63, 3.8) is 0 Å². The molecule has 1 nitrogen and oxygen atoms in total. The van der Waals surface area contributed by atoms with E-state index in [1.165, 1.54) is 26.0 Å². The first-order valence-corrected chi connectivity index (χ1v) is 5.66. The van der Waals surface area contributed by atoms with Gasteiger partial charge in [0, 0.05) is 16.7 Å². The van der Waals surface area contributed by atoms with Gasteiger partial charge in [-0.25, -0.2) is 13.2 Å². The number of ketones is 1. The van der Waals surface area contributed by atoms with Crippen LogP contribution in [0.4, 0.5) is 13.2 Å². The number of benzene rings is 2. The summed E-state index contributed by atoms with van der Waals surface area (Å²) in [7, 11) is 0. The van der Waals surface area contributed by atoms with E-state index in [2.05, 4.69) is 0 Å². The molecular weight excluding hydrogens is 253 g/mol. The van der Waals surface area contributed by atoms with Gasteiger partial charge in [0.15, 0.2) is 5.78 Å². The number of carbonyl (C=O) groups is 1. The summed E-state index contributed by atoms with van der Waals surface area (Å²) in [6.45, 7) is 2.74. The molecule has 0 radical (unpaired) electrons. The molecule has 0 fully saturated rings. The highest BCUT2D eigenvalue weighted by atomic mass is 19.1. The minimum Gasteiger partial charge on any atom is -0.295 e. The quantitative estimate of drug-likeness (QED) is 0.740. The predicted octanol–water partition coefficient (Wildman–Crippen LogP) is 4.28. The van der Waals surface area contributed by atoms with Crippen molar-refractivity contribution in [2.75, 3.05) is 0 Å². The summed E-state index contributed by atoms with van der Waals surface area (Å²) in [5.74, 6) is -2.32. The first-order valence-electron chi connectivity index (χ1n) is 5.66. The Bertz CT molecular complexity index is 663. The third kappa shape index (κ3) is 2.52. The summed E-state index contributed by atoms with van der Waals surface area (Å²) in [5, 5.41) is 0. The lowest BCUT2D eigenvalue weighted by atomic mass is 9.99. The van der Waals surface area contributed by atoms with Gasteiger partial charge in [0.2, 0.25) is 0 Å². The molecule has 0 aliphatic carbocycles. The first-order chi connectivity index (χ1) is 8.90. The Kier molecular flexibility index (Phi) is 3.42. The molecule has 0 aliphatic rings. The van der Waals surface area contributed by atoms with Gasteiger partial charge in [-0.2, -0.15) is 0 Å². The van der Waals surface area contributed by atoms with Crippen LogP contribution in [0.1, 0.15) is 22.8 Å². The molecular formula is C15H11F3O. The SMILES string of the molecule is CC(=O)c1ccc(F)c(-c2cc(F)c(C)cc2F)c1. The van der Waals surface area contributed by atoms with Crippen LogP contribution in [-0.4, -0.2) is 5.78 Å². The molecule has 0 aliphatic heterocycles. The van der Waals surface area contributed by atoms with E-state index in [9.17, 15) is 18.0 Å². The fourth-order valence-electron chi connectivity index (χ4n) is 1.80. The fourth-order valence-corrected chi connectivity index (χ4v) is 1.80. The van der Waals surface area contributed by atoms with Crippen LogP contribution in [0, 0.1) is 24.4 Å². The highest BCUT2D eigenvalue weighted by Crippen LogP contribution is 2.28. The van der Waals surface area contributed by atoms with Gasteiger partial charge < -0.3 is 0 Å². The molecule has 0 aromatic heterocycles. The van der Waals surface area contributed by atoms with Crippen LogP contribution in [-0.2, 0) is 0 Å². The number of Topliss-reactive ketones (excluding diaryl/α,β-unsaturated/α-hetero) is 1. The monoisotopic (exact) mass is 264 g/mol. The van der Waals surface area contributed by atoms with Crippen molar-refractivity contribution >= 4 is 5.78 Å². The molecule has 2 aromatic rings. The van der Waals surface area contributed by atoms with E-state index in [0.717, 1.165) is 18.2 Å². The molecule has 0 bridgehead atoms. The second kappa shape index (κ2) is 4.88. The maximum Gasteiger partial charge on any atom is 0.159 e. The molecule has 0 spiro atoms. The van der Waals surface area contributed by atoms with Crippen LogP contribution in [0.2, 0.25) is 0 Å². The summed E-state index contributed by atoms with van der Waals surface area (Å²) in [6.07, 6.45) is 0. The molecule has 0 unspecified atom stereocenters. The van der Waals surface area contributed by atoms with Crippen molar-refractivity contribution < 1.29 is 18.0 Å². The van der Waals surface area contributed by atoms with E-state index in [4.69, 9.17) is 0 Å². The summed E-state index contributed by atoms with van der Waals surface area (Å²) in [5.41, 5.74) is 0.0777. The molecule has 19 heavy (non-hydrogen) atoms. The van der Waals surface area contributed by atoms with Crippen LogP contribution in [0.5, 0.6) is 0 Å². The standard InChI is InChI=1S/C15H11F3O/c1-8-5-15(18)12(7-14(8)17)11-6-10(9(2)19)3-4-13(11)16/h3-7H,1-2H3. The molecule has 0 N–H and O–H groups in total. The van der Waals surface area contributed by atoms with Crippen molar-refractivity contribution in [1.82, 2.24) is 0 Å². The van der Waals surface area contributed by atoms with E-state index in [0.29, 0.717) is 0 Å². The minimum atomic E-state index is -0.724. The molecule has 2 rings (SSSR count). The molecule has 0 saturated heterocycles. The number of aryl methyl sites for hydroxylation is 1. The largest absolute Gasteiger partial charge is 0.295 e. The molecule has 98 valence electrons. The number of hydrogen-bond donors (Lipinski definition) is 0. The average molecular weight is 264 g/mol. The number of carbonyl (C=O) groups excluding carboxylic acids is 1. The Balaban J connectivity index is 2.67. The summed E-state index contributed by atoms with van der Waals surface area (Å²) in [6, 6.07) is 5.55. The van der Waals surface area contributed by atoms with Crippen LogP contribution in [0.25, 0.3) is 11.1 Å². The molecule has 0 atom stereocenters. The van der Waals surface area contributed by atoms with Gasteiger partial charge in [0.05, 0.1) is 0 Å². The highest BCUT2D eigenvalue weighted by Gasteiger charge is 2.14. The maximum absolute atomic E-state index is 13.8. The van der Waals surface area contributed by atoms with Crippen molar-refractivity contribution in [2.45, 2.75) is 13.8 Å². The number of halogens is 3. The fraction of sp³-hybridized carbons (Fsp3) is 0.133. The zero-order valence-electron chi connectivity index (χ0n) is 10.4.